The van der Waals surface area contributed by atoms with Crippen LogP contribution in [0.1, 0.15) is 26.4 Å². The molecule has 0 atom stereocenters. The monoisotopic (exact) mass is 383 g/mol. The van der Waals surface area contributed by atoms with E-state index in [1.165, 1.54) is 0 Å². The molecule has 0 saturated heterocycles. The predicted molar refractivity (Wildman–Crippen MR) is 115 cm³/mol. The molecule has 5 nitrogen and oxygen atoms in total. The fraction of sp³-hybridized carbons (Fsp3) is 0.0833. The molecule has 0 aliphatic carbocycles. The predicted octanol–water partition coefficient (Wildman–Crippen LogP) is 4.39. The highest BCUT2D eigenvalue weighted by molar-refractivity contribution is 6.09. The molecule has 2 amide bonds. The van der Waals surface area contributed by atoms with Gasteiger partial charge < -0.3 is 15.6 Å². The molecule has 3 N–H and O–H groups in total. The van der Waals surface area contributed by atoms with Crippen LogP contribution in [0.2, 0.25) is 0 Å². The lowest BCUT2D eigenvalue weighted by Gasteiger charge is -2.11. The number of hydrogen-bond donors (Lipinski definition) is 3. The Morgan fingerprint density at radius 1 is 0.793 bits per heavy atom. The molecular formula is C24H21N3O2. The van der Waals surface area contributed by atoms with Gasteiger partial charge in [0.15, 0.2) is 0 Å². The van der Waals surface area contributed by atoms with Gasteiger partial charge in [-0.05, 0) is 36.2 Å². The largest absolute Gasteiger partial charge is 0.352 e. The van der Waals surface area contributed by atoms with Gasteiger partial charge in [-0.3, -0.25) is 9.59 Å². The second kappa shape index (κ2) is 8.44. The molecule has 4 rings (SSSR count). The highest BCUT2D eigenvalue weighted by Gasteiger charge is 2.15. The smallest absolute Gasteiger partial charge is 0.272 e. The summed E-state index contributed by atoms with van der Waals surface area (Å²) < 4.78 is 0. The van der Waals surface area contributed by atoms with Gasteiger partial charge >= 0.3 is 0 Å². The molecule has 0 aliphatic rings. The van der Waals surface area contributed by atoms with Crippen LogP contribution >= 0.6 is 0 Å². The number of aromatic nitrogens is 1. The Balaban J connectivity index is 1.44. The van der Waals surface area contributed by atoms with E-state index in [0.717, 1.165) is 22.9 Å². The summed E-state index contributed by atoms with van der Waals surface area (Å²) in [5.74, 6) is -0.501. The Labute approximate surface area is 168 Å². The molecule has 0 bridgehead atoms. The molecule has 0 unspecified atom stereocenters. The SMILES string of the molecule is O=C(Nc1ccccc1C(=O)NCCc1ccccc1)c1cc2ccccc2[nH]1. The number of aromatic amines is 1. The van der Waals surface area contributed by atoms with Crippen molar-refractivity contribution in [3.8, 4) is 0 Å². The molecule has 144 valence electrons. The Morgan fingerprint density at radius 2 is 1.52 bits per heavy atom. The van der Waals surface area contributed by atoms with Gasteiger partial charge in [0.05, 0.1) is 11.3 Å². The van der Waals surface area contributed by atoms with Gasteiger partial charge in [0, 0.05) is 17.4 Å². The lowest BCUT2D eigenvalue weighted by molar-refractivity contribution is 0.0955. The maximum Gasteiger partial charge on any atom is 0.272 e. The van der Waals surface area contributed by atoms with Gasteiger partial charge in [0.25, 0.3) is 11.8 Å². The molecule has 4 aromatic rings. The molecule has 3 aromatic carbocycles. The van der Waals surface area contributed by atoms with Gasteiger partial charge in [0.1, 0.15) is 5.69 Å². The highest BCUT2D eigenvalue weighted by Crippen LogP contribution is 2.19. The third kappa shape index (κ3) is 4.35. The van der Waals surface area contributed by atoms with E-state index in [2.05, 4.69) is 15.6 Å². The van der Waals surface area contributed by atoms with Gasteiger partial charge in [-0.25, -0.2) is 0 Å². The molecule has 29 heavy (non-hydrogen) atoms. The number of carbonyl (C=O) groups is 2. The van der Waals surface area contributed by atoms with E-state index in [1.807, 2.05) is 54.6 Å². The van der Waals surface area contributed by atoms with Crippen LogP contribution in [-0.4, -0.2) is 23.3 Å². The number of para-hydroxylation sites is 2. The molecule has 1 heterocycles. The Kier molecular flexibility index (Phi) is 5.38. The average molecular weight is 383 g/mol. The van der Waals surface area contributed by atoms with Crippen LogP contribution in [0.25, 0.3) is 10.9 Å². The molecule has 0 spiro atoms. The van der Waals surface area contributed by atoms with Gasteiger partial charge in [-0.15, -0.1) is 0 Å². The highest BCUT2D eigenvalue weighted by atomic mass is 16.2. The number of amides is 2. The number of hydrogen-bond acceptors (Lipinski definition) is 2. The molecular weight excluding hydrogens is 362 g/mol. The molecule has 0 saturated carbocycles. The summed E-state index contributed by atoms with van der Waals surface area (Å²) in [6.07, 6.45) is 0.746. The average Bonchev–Trinajstić information content (AvgIpc) is 3.19. The number of rotatable bonds is 6. The van der Waals surface area contributed by atoms with Gasteiger partial charge in [0.2, 0.25) is 0 Å². The zero-order valence-corrected chi connectivity index (χ0v) is 15.8. The summed E-state index contributed by atoms with van der Waals surface area (Å²) in [5.41, 5.74) is 3.42. The number of H-pyrrole nitrogens is 1. The van der Waals surface area contributed by atoms with E-state index in [1.54, 1.807) is 30.3 Å². The normalized spacial score (nSPS) is 10.6. The first-order chi connectivity index (χ1) is 14.2. The Morgan fingerprint density at radius 3 is 2.34 bits per heavy atom. The van der Waals surface area contributed by atoms with Gasteiger partial charge in [-0.1, -0.05) is 60.7 Å². The van der Waals surface area contributed by atoms with Crippen LogP contribution in [0.15, 0.2) is 84.9 Å². The van der Waals surface area contributed by atoms with Crippen molar-refractivity contribution < 1.29 is 9.59 Å². The standard InChI is InChI=1S/C24H21N3O2/c28-23(25-15-14-17-8-2-1-3-9-17)19-11-5-7-13-21(19)27-24(29)22-16-18-10-4-6-12-20(18)26-22/h1-13,16,26H,14-15H2,(H,25,28)(H,27,29). The van der Waals surface area contributed by atoms with E-state index in [-0.39, 0.29) is 11.8 Å². The van der Waals surface area contributed by atoms with Crippen molar-refractivity contribution in [2.24, 2.45) is 0 Å². The first-order valence-electron chi connectivity index (χ1n) is 9.51. The van der Waals surface area contributed by atoms with Crippen molar-refractivity contribution >= 4 is 28.4 Å². The maximum absolute atomic E-state index is 12.7. The molecule has 0 aliphatic heterocycles. The molecule has 1 aromatic heterocycles. The Bertz CT molecular complexity index is 1120. The zero-order valence-electron chi connectivity index (χ0n) is 15.8. The molecule has 0 radical (unpaired) electrons. The van der Waals surface area contributed by atoms with Gasteiger partial charge in [-0.2, -0.15) is 0 Å². The second-order valence-corrected chi connectivity index (χ2v) is 6.76. The van der Waals surface area contributed by atoms with E-state index < -0.39 is 0 Å². The number of anilines is 1. The molecule has 5 heteroatoms. The van der Waals surface area contributed by atoms with Crippen LogP contribution < -0.4 is 10.6 Å². The summed E-state index contributed by atoms with van der Waals surface area (Å²) >= 11 is 0. The van der Waals surface area contributed by atoms with Crippen LogP contribution in [0.4, 0.5) is 5.69 Å². The lowest BCUT2D eigenvalue weighted by Crippen LogP contribution is -2.27. The minimum absolute atomic E-state index is 0.214. The van der Waals surface area contributed by atoms with Crippen LogP contribution in [0, 0.1) is 0 Å². The third-order valence-corrected chi connectivity index (χ3v) is 4.74. The second-order valence-electron chi connectivity index (χ2n) is 6.76. The fourth-order valence-electron chi connectivity index (χ4n) is 3.24. The summed E-state index contributed by atoms with van der Waals surface area (Å²) in [6, 6.07) is 26.5. The molecule has 0 fully saturated rings. The van der Waals surface area contributed by atoms with E-state index in [0.29, 0.717) is 23.5 Å². The van der Waals surface area contributed by atoms with E-state index in [9.17, 15) is 9.59 Å². The minimum Gasteiger partial charge on any atom is -0.352 e. The van der Waals surface area contributed by atoms with Crippen molar-refractivity contribution in [2.75, 3.05) is 11.9 Å². The summed E-state index contributed by atoms with van der Waals surface area (Å²) in [5, 5.41) is 6.73. The number of nitrogens with one attached hydrogen (secondary N) is 3. The number of carbonyl (C=O) groups excluding carboxylic acids is 2. The number of fused-ring (bicyclic) bond motifs is 1. The van der Waals surface area contributed by atoms with Crippen molar-refractivity contribution in [2.45, 2.75) is 6.42 Å². The quantitative estimate of drug-likeness (QED) is 0.462. The number of benzene rings is 3. The zero-order chi connectivity index (χ0) is 20.1. The first kappa shape index (κ1) is 18.5. The summed E-state index contributed by atoms with van der Waals surface area (Å²) in [7, 11) is 0. The maximum atomic E-state index is 12.7. The third-order valence-electron chi connectivity index (χ3n) is 4.74. The van der Waals surface area contributed by atoms with Crippen molar-refractivity contribution in [3.63, 3.8) is 0 Å². The lowest BCUT2D eigenvalue weighted by atomic mass is 10.1. The van der Waals surface area contributed by atoms with Crippen LogP contribution in [0.3, 0.4) is 0 Å². The topological polar surface area (TPSA) is 74.0 Å². The van der Waals surface area contributed by atoms with Crippen molar-refractivity contribution in [1.29, 1.82) is 0 Å². The van der Waals surface area contributed by atoms with E-state index in [4.69, 9.17) is 0 Å². The van der Waals surface area contributed by atoms with Crippen molar-refractivity contribution in [3.05, 3.63) is 102 Å². The van der Waals surface area contributed by atoms with E-state index >= 15 is 0 Å². The van der Waals surface area contributed by atoms with Crippen molar-refractivity contribution in [1.82, 2.24) is 10.3 Å². The van der Waals surface area contributed by atoms with Crippen LogP contribution in [0.5, 0.6) is 0 Å². The fourth-order valence-corrected chi connectivity index (χ4v) is 3.24. The Hall–Kier alpha value is -3.86. The first-order valence-corrected chi connectivity index (χ1v) is 9.51. The summed E-state index contributed by atoms with van der Waals surface area (Å²) in [4.78, 5) is 28.4. The minimum atomic E-state index is -0.286. The van der Waals surface area contributed by atoms with Crippen LogP contribution in [-0.2, 0) is 6.42 Å². The summed E-state index contributed by atoms with van der Waals surface area (Å²) in [6.45, 7) is 0.521.